The molecule has 16 heavy (non-hydrogen) atoms. The molecule has 2 atom stereocenters. The van der Waals surface area contributed by atoms with Crippen molar-refractivity contribution >= 4 is 5.91 Å². The summed E-state index contributed by atoms with van der Waals surface area (Å²) in [6.45, 7) is 3.67. The van der Waals surface area contributed by atoms with Crippen molar-refractivity contribution in [3.63, 3.8) is 0 Å². The number of nitrogens with one attached hydrogen (secondary N) is 1. The summed E-state index contributed by atoms with van der Waals surface area (Å²) in [6, 6.07) is 0.793. The van der Waals surface area contributed by atoms with E-state index in [0.717, 1.165) is 52.0 Å². The van der Waals surface area contributed by atoms with Crippen LogP contribution in [-0.2, 0) is 9.53 Å². The summed E-state index contributed by atoms with van der Waals surface area (Å²) in [5.41, 5.74) is 0. The van der Waals surface area contributed by atoms with Crippen LogP contribution in [0.2, 0.25) is 0 Å². The maximum absolute atomic E-state index is 12.2. The zero-order valence-electron chi connectivity index (χ0n) is 9.65. The van der Waals surface area contributed by atoms with E-state index in [-0.39, 0.29) is 0 Å². The minimum absolute atomic E-state index is 0.372. The van der Waals surface area contributed by atoms with Crippen LogP contribution in [0.15, 0.2) is 0 Å². The number of fused-ring (bicyclic) bond motifs is 2. The molecule has 0 spiro atoms. The third-order valence-electron chi connectivity index (χ3n) is 4.16. The summed E-state index contributed by atoms with van der Waals surface area (Å²) in [7, 11) is 0. The molecule has 0 aliphatic carbocycles. The first-order valence-electron chi connectivity index (χ1n) is 6.44. The van der Waals surface area contributed by atoms with E-state index in [1.165, 1.54) is 0 Å². The molecule has 1 N–H and O–H groups in total. The highest BCUT2D eigenvalue weighted by molar-refractivity contribution is 5.78. The van der Waals surface area contributed by atoms with E-state index in [0.29, 0.717) is 23.9 Å². The van der Waals surface area contributed by atoms with Crippen molar-refractivity contribution in [3.05, 3.63) is 0 Å². The summed E-state index contributed by atoms with van der Waals surface area (Å²) >= 11 is 0. The topological polar surface area (TPSA) is 41.6 Å². The Morgan fingerprint density at radius 1 is 1.25 bits per heavy atom. The molecule has 0 unspecified atom stereocenters. The summed E-state index contributed by atoms with van der Waals surface area (Å²) < 4.78 is 5.40. The molecule has 3 saturated heterocycles. The molecular weight excluding hydrogens is 204 g/mol. The number of rotatable bonds is 2. The van der Waals surface area contributed by atoms with Gasteiger partial charge in [-0.3, -0.25) is 4.79 Å². The molecule has 1 amide bonds. The third-order valence-corrected chi connectivity index (χ3v) is 4.16. The molecule has 0 saturated carbocycles. The van der Waals surface area contributed by atoms with Crippen LogP contribution in [0.25, 0.3) is 0 Å². The van der Waals surface area contributed by atoms with E-state index in [4.69, 9.17) is 4.74 Å². The van der Waals surface area contributed by atoms with Crippen molar-refractivity contribution in [1.82, 2.24) is 10.2 Å². The molecule has 4 nitrogen and oxygen atoms in total. The molecule has 3 fully saturated rings. The molecule has 90 valence electrons. The molecule has 3 rings (SSSR count). The van der Waals surface area contributed by atoms with Gasteiger partial charge >= 0.3 is 0 Å². The van der Waals surface area contributed by atoms with E-state index in [1.807, 2.05) is 0 Å². The fourth-order valence-corrected chi connectivity index (χ4v) is 3.18. The van der Waals surface area contributed by atoms with Crippen molar-refractivity contribution in [2.24, 2.45) is 5.92 Å². The third kappa shape index (κ3) is 1.84. The molecular formula is C12H20N2O2. The van der Waals surface area contributed by atoms with Crippen molar-refractivity contribution in [1.29, 1.82) is 0 Å². The standard InChI is InChI=1S/C12H20N2O2/c15-12(5-9-1-3-13-4-2-9)14-10-6-11(14)8-16-7-10/h9-11,13H,1-8H2/t10-,11-/m1/s1. The lowest BCUT2D eigenvalue weighted by atomic mass is 9.88. The van der Waals surface area contributed by atoms with Gasteiger partial charge in [0.2, 0.25) is 5.91 Å². The highest BCUT2D eigenvalue weighted by atomic mass is 16.5. The average molecular weight is 224 g/mol. The highest BCUT2D eigenvalue weighted by Gasteiger charge is 2.45. The van der Waals surface area contributed by atoms with Crippen LogP contribution in [0.5, 0.6) is 0 Å². The Morgan fingerprint density at radius 2 is 1.94 bits per heavy atom. The molecule has 0 aromatic carbocycles. The summed E-state index contributed by atoms with van der Waals surface area (Å²) in [6.07, 6.45) is 4.24. The number of nitrogens with zero attached hydrogens (tertiary/aromatic N) is 1. The van der Waals surface area contributed by atoms with Gasteiger partial charge in [0.1, 0.15) is 0 Å². The van der Waals surface area contributed by atoms with Gasteiger partial charge in [-0.15, -0.1) is 0 Å². The quantitative estimate of drug-likeness (QED) is 0.737. The molecule has 2 bridgehead atoms. The molecule has 3 aliphatic rings. The molecule has 3 heterocycles. The maximum Gasteiger partial charge on any atom is 0.223 e. The van der Waals surface area contributed by atoms with E-state index in [9.17, 15) is 4.79 Å². The highest BCUT2D eigenvalue weighted by Crippen LogP contribution is 2.32. The maximum atomic E-state index is 12.2. The summed E-state index contributed by atoms with van der Waals surface area (Å²) in [5, 5.41) is 3.34. The molecule has 3 aliphatic heterocycles. The summed E-state index contributed by atoms with van der Waals surface area (Å²) in [4.78, 5) is 14.2. The van der Waals surface area contributed by atoms with Crippen LogP contribution in [0, 0.1) is 5.92 Å². The van der Waals surface area contributed by atoms with Crippen LogP contribution >= 0.6 is 0 Å². The van der Waals surface area contributed by atoms with Gasteiger partial charge in [0.05, 0.1) is 25.3 Å². The number of ether oxygens (including phenoxy) is 1. The van der Waals surface area contributed by atoms with Gasteiger partial charge in [-0.2, -0.15) is 0 Å². The van der Waals surface area contributed by atoms with Crippen LogP contribution in [0.1, 0.15) is 25.7 Å². The Labute approximate surface area is 96.3 Å². The Hall–Kier alpha value is -0.610. The number of piperidine rings is 1. The first-order chi connectivity index (χ1) is 7.84. The first kappa shape index (κ1) is 10.5. The number of hydrogen-bond acceptors (Lipinski definition) is 3. The predicted octanol–water partition coefficient (Wildman–Crippen LogP) is 0.376. The molecule has 0 aromatic rings. The minimum Gasteiger partial charge on any atom is -0.377 e. The summed E-state index contributed by atoms with van der Waals surface area (Å²) in [5.74, 6) is 0.979. The Balaban J connectivity index is 1.53. The van der Waals surface area contributed by atoms with Crippen molar-refractivity contribution in [2.45, 2.75) is 37.8 Å². The normalized spacial score (nSPS) is 34.6. The van der Waals surface area contributed by atoms with Gasteiger partial charge in [0.25, 0.3) is 0 Å². The van der Waals surface area contributed by atoms with E-state index < -0.39 is 0 Å². The average Bonchev–Trinajstić information content (AvgIpc) is 2.31. The van der Waals surface area contributed by atoms with Crippen molar-refractivity contribution in [2.75, 3.05) is 26.3 Å². The number of carbonyl (C=O) groups is 1. The van der Waals surface area contributed by atoms with Gasteiger partial charge < -0.3 is 15.0 Å². The van der Waals surface area contributed by atoms with Crippen molar-refractivity contribution < 1.29 is 9.53 Å². The van der Waals surface area contributed by atoms with Crippen LogP contribution in [0.4, 0.5) is 0 Å². The second kappa shape index (κ2) is 4.34. The zero-order chi connectivity index (χ0) is 11.0. The largest absolute Gasteiger partial charge is 0.377 e. The van der Waals surface area contributed by atoms with Gasteiger partial charge in [0.15, 0.2) is 0 Å². The number of amides is 1. The fourth-order valence-electron chi connectivity index (χ4n) is 3.18. The molecule has 4 heteroatoms. The fraction of sp³-hybridized carbons (Fsp3) is 0.917. The lowest BCUT2D eigenvalue weighted by Crippen LogP contribution is -2.65. The lowest BCUT2D eigenvalue weighted by Gasteiger charge is -2.52. The first-order valence-corrected chi connectivity index (χ1v) is 6.44. The second-order valence-corrected chi connectivity index (χ2v) is 5.28. The van der Waals surface area contributed by atoms with Gasteiger partial charge in [-0.05, 0) is 38.3 Å². The van der Waals surface area contributed by atoms with E-state index in [2.05, 4.69) is 10.2 Å². The van der Waals surface area contributed by atoms with Crippen LogP contribution in [0.3, 0.4) is 0 Å². The van der Waals surface area contributed by atoms with Gasteiger partial charge in [0, 0.05) is 6.42 Å². The second-order valence-electron chi connectivity index (χ2n) is 5.28. The van der Waals surface area contributed by atoms with E-state index >= 15 is 0 Å². The van der Waals surface area contributed by atoms with Crippen molar-refractivity contribution in [3.8, 4) is 0 Å². The van der Waals surface area contributed by atoms with Crippen LogP contribution < -0.4 is 5.32 Å². The van der Waals surface area contributed by atoms with Gasteiger partial charge in [-0.1, -0.05) is 0 Å². The molecule has 0 aromatic heterocycles. The number of hydrogen-bond donors (Lipinski definition) is 1. The minimum atomic E-state index is 0.372. The SMILES string of the molecule is O=C(CC1CCNCC1)N1[C@H]2COC[C@H]1C2. The monoisotopic (exact) mass is 224 g/mol. The van der Waals surface area contributed by atoms with E-state index in [1.54, 1.807) is 0 Å². The lowest BCUT2D eigenvalue weighted by molar-refractivity contribution is -0.168. The number of carbonyl (C=O) groups excluding carboxylic acids is 1. The Morgan fingerprint density at radius 3 is 2.56 bits per heavy atom. The number of morpholine rings is 1. The Kier molecular flexibility index (Phi) is 2.86. The van der Waals surface area contributed by atoms with Crippen LogP contribution in [-0.4, -0.2) is 49.2 Å². The van der Waals surface area contributed by atoms with Gasteiger partial charge in [-0.25, -0.2) is 0 Å². The smallest absolute Gasteiger partial charge is 0.223 e. The molecule has 0 radical (unpaired) electrons. The Bertz CT molecular complexity index is 262. The predicted molar refractivity (Wildman–Crippen MR) is 60.1 cm³/mol. The zero-order valence-corrected chi connectivity index (χ0v) is 9.65.